The quantitative estimate of drug-likeness (QED) is 0.656. The SMILES string of the molecule is CC(C)c1nc(CN(Cc2cocn2)Cc2cocn2)no1. The average Bonchev–Trinajstić information content (AvgIpc) is 3.19. The Morgan fingerprint density at radius 2 is 1.64 bits per heavy atom. The molecule has 0 saturated carbocycles. The molecule has 0 spiro atoms. The first kappa shape index (κ1) is 14.5. The summed E-state index contributed by atoms with van der Waals surface area (Å²) in [5.74, 6) is 1.48. The van der Waals surface area contributed by atoms with Crippen molar-refractivity contribution in [1.29, 1.82) is 0 Å². The predicted molar refractivity (Wildman–Crippen MR) is 74.3 cm³/mol. The minimum atomic E-state index is 0.209. The van der Waals surface area contributed by atoms with Crippen molar-refractivity contribution in [3.63, 3.8) is 0 Å². The van der Waals surface area contributed by atoms with Crippen molar-refractivity contribution in [2.45, 2.75) is 39.4 Å². The third-order valence-electron chi connectivity index (χ3n) is 3.08. The van der Waals surface area contributed by atoms with Crippen LogP contribution in [0.15, 0.2) is 38.7 Å². The first-order chi connectivity index (χ1) is 10.7. The Kier molecular flexibility index (Phi) is 4.29. The van der Waals surface area contributed by atoms with Gasteiger partial charge >= 0.3 is 0 Å². The van der Waals surface area contributed by atoms with Gasteiger partial charge in [0.1, 0.15) is 12.5 Å². The summed E-state index contributed by atoms with van der Waals surface area (Å²) in [6.07, 6.45) is 6.06. The molecule has 8 nitrogen and oxygen atoms in total. The van der Waals surface area contributed by atoms with Crippen molar-refractivity contribution in [3.8, 4) is 0 Å². The van der Waals surface area contributed by atoms with Crippen LogP contribution in [-0.2, 0) is 19.6 Å². The van der Waals surface area contributed by atoms with Crippen LogP contribution in [0, 0.1) is 0 Å². The van der Waals surface area contributed by atoms with Crippen LogP contribution in [0.4, 0.5) is 0 Å². The summed E-state index contributed by atoms with van der Waals surface area (Å²) in [5.41, 5.74) is 1.66. The molecule has 3 rings (SSSR count). The molecule has 22 heavy (non-hydrogen) atoms. The van der Waals surface area contributed by atoms with Gasteiger partial charge in [0.25, 0.3) is 0 Å². The highest BCUT2D eigenvalue weighted by Gasteiger charge is 2.16. The topological polar surface area (TPSA) is 94.2 Å². The normalized spacial score (nSPS) is 11.6. The monoisotopic (exact) mass is 303 g/mol. The van der Waals surface area contributed by atoms with Crippen molar-refractivity contribution in [2.24, 2.45) is 0 Å². The summed E-state index contributed by atoms with van der Waals surface area (Å²) >= 11 is 0. The van der Waals surface area contributed by atoms with E-state index in [4.69, 9.17) is 13.4 Å². The van der Waals surface area contributed by atoms with E-state index in [2.05, 4.69) is 25.0 Å². The Balaban J connectivity index is 1.71. The fourth-order valence-corrected chi connectivity index (χ4v) is 2.02. The van der Waals surface area contributed by atoms with E-state index < -0.39 is 0 Å². The number of rotatable bonds is 7. The minimum absolute atomic E-state index is 0.209. The highest BCUT2D eigenvalue weighted by molar-refractivity contribution is 4.97. The summed E-state index contributed by atoms with van der Waals surface area (Å²) in [4.78, 5) is 14.8. The zero-order chi connectivity index (χ0) is 15.4. The van der Waals surface area contributed by atoms with Crippen LogP contribution in [0.25, 0.3) is 0 Å². The summed E-state index contributed by atoms with van der Waals surface area (Å²) in [6, 6.07) is 0. The predicted octanol–water partition coefficient (Wildman–Crippen LogP) is 2.37. The lowest BCUT2D eigenvalue weighted by Gasteiger charge is -2.17. The van der Waals surface area contributed by atoms with E-state index in [1.807, 2.05) is 13.8 Å². The average molecular weight is 303 g/mol. The molecular formula is C14H17N5O3. The van der Waals surface area contributed by atoms with Crippen molar-refractivity contribution in [1.82, 2.24) is 25.0 Å². The molecule has 8 heteroatoms. The summed E-state index contributed by atoms with van der Waals surface area (Å²) < 4.78 is 15.3. The standard InChI is InChI=1S/C14H17N5O3/c1-10(2)14-17-13(18-22-14)5-19(3-11-6-20-8-15-11)4-12-7-21-9-16-12/h6-10H,3-5H2,1-2H3. The van der Waals surface area contributed by atoms with Crippen molar-refractivity contribution in [2.75, 3.05) is 0 Å². The molecule has 0 amide bonds. The Morgan fingerprint density at radius 3 is 2.09 bits per heavy atom. The fourth-order valence-electron chi connectivity index (χ4n) is 2.02. The molecule has 0 aliphatic carbocycles. The molecule has 3 aromatic heterocycles. The van der Waals surface area contributed by atoms with Crippen LogP contribution in [0.2, 0.25) is 0 Å². The number of hydrogen-bond acceptors (Lipinski definition) is 8. The van der Waals surface area contributed by atoms with E-state index in [9.17, 15) is 0 Å². The largest absolute Gasteiger partial charge is 0.451 e. The molecule has 116 valence electrons. The molecular weight excluding hydrogens is 286 g/mol. The van der Waals surface area contributed by atoms with E-state index in [0.29, 0.717) is 31.3 Å². The number of oxazole rings is 2. The van der Waals surface area contributed by atoms with Crippen LogP contribution < -0.4 is 0 Å². The van der Waals surface area contributed by atoms with Gasteiger partial charge in [-0.3, -0.25) is 4.90 Å². The van der Waals surface area contributed by atoms with Gasteiger partial charge in [-0.15, -0.1) is 0 Å². The third kappa shape index (κ3) is 3.59. The van der Waals surface area contributed by atoms with Gasteiger partial charge in [0.15, 0.2) is 18.6 Å². The molecule has 0 aromatic carbocycles. The number of hydrogen-bond donors (Lipinski definition) is 0. The minimum Gasteiger partial charge on any atom is -0.451 e. The van der Waals surface area contributed by atoms with E-state index in [1.54, 1.807) is 12.5 Å². The zero-order valence-corrected chi connectivity index (χ0v) is 12.5. The lowest BCUT2D eigenvalue weighted by Crippen LogP contribution is -2.23. The lowest BCUT2D eigenvalue weighted by molar-refractivity contribution is 0.231. The van der Waals surface area contributed by atoms with E-state index in [0.717, 1.165) is 11.4 Å². The lowest BCUT2D eigenvalue weighted by atomic mass is 10.2. The Hall–Kier alpha value is -2.48. The van der Waals surface area contributed by atoms with Crippen LogP contribution >= 0.6 is 0 Å². The first-order valence-electron chi connectivity index (χ1n) is 6.99. The molecule has 0 N–H and O–H groups in total. The third-order valence-corrected chi connectivity index (χ3v) is 3.08. The molecule has 0 fully saturated rings. The van der Waals surface area contributed by atoms with Crippen LogP contribution in [-0.4, -0.2) is 25.0 Å². The summed E-state index contributed by atoms with van der Waals surface area (Å²) in [7, 11) is 0. The smallest absolute Gasteiger partial charge is 0.229 e. The van der Waals surface area contributed by atoms with Gasteiger partial charge in [0.2, 0.25) is 5.89 Å². The van der Waals surface area contributed by atoms with Gasteiger partial charge in [-0.25, -0.2) is 9.97 Å². The zero-order valence-electron chi connectivity index (χ0n) is 12.5. The molecule has 0 bridgehead atoms. The molecule has 0 aliphatic heterocycles. The fraction of sp³-hybridized carbons (Fsp3) is 0.429. The maximum absolute atomic E-state index is 5.24. The van der Waals surface area contributed by atoms with Gasteiger partial charge in [0, 0.05) is 19.0 Å². The first-order valence-corrected chi connectivity index (χ1v) is 6.99. The van der Waals surface area contributed by atoms with E-state index >= 15 is 0 Å². The van der Waals surface area contributed by atoms with Crippen molar-refractivity contribution in [3.05, 3.63) is 48.4 Å². The molecule has 0 aliphatic rings. The summed E-state index contributed by atoms with van der Waals surface area (Å²) in [5, 5.41) is 4.02. The van der Waals surface area contributed by atoms with Crippen molar-refractivity contribution < 1.29 is 13.4 Å². The van der Waals surface area contributed by atoms with Gasteiger partial charge < -0.3 is 13.4 Å². The van der Waals surface area contributed by atoms with Crippen LogP contribution in [0.3, 0.4) is 0 Å². The maximum atomic E-state index is 5.24. The van der Waals surface area contributed by atoms with Gasteiger partial charge in [-0.1, -0.05) is 19.0 Å². The highest BCUT2D eigenvalue weighted by Crippen LogP contribution is 2.14. The van der Waals surface area contributed by atoms with Gasteiger partial charge in [-0.05, 0) is 0 Å². The van der Waals surface area contributed by atoms with Crippen LogP contribution in [0.1, 0.15) is 42.9 Å². The Bertz CT molecular complexity index is 639. The molecule has 3 aromatic rings. The molecule has 0 saturated heterocycles. The van der Waals surface area contributed by atoms with Crippen LogP contribution in [0.5, 0.6) is 0 Å². The number of aromatic nitrogens is 4. The maximum Gasteiger partial charge on any atom is 0.229 e. The second kappa shape index (κ2) is 6.52. The molecule has 0 radical (unpaired) electrons. The molecule has 0 atom stereocenters. The Morgan fingerprint density at radius 1 is 1.00 bits per heavy atom. The molecule has 3 heterocycles. The highest BCUT2D eigenvalue weighted by atomic mass is 16.5. The number of nitrogens with zero attached hydrogens (tertiary/aromatic N) is 5. The van der Waals surface area contributed by atoms with Gasteiger partial charge in [0.05, 0.1) is 17.9 Å². The summed E-state index contributed by atoms with van der Waals surface area (Å²) in [6.45, 7) is 5.74. The van der Waals surface area contributed by atoms with E-state index in [1.165, 1.54) is 12.8 Å². The second-order valence-electron chi connectivity index (χ2n) is 5.31. The molecule has 0 unspecified atom stereocenters. The second-order valence-corrected chi connectivity index (χ2v) is 5.31. The Labute approximate surface area is 127 Å². The van der Waals surface area contributed by atoms with Gasteiger partial charge in [-0.2, -0.15) is 4.98 Å². The van der Waals surface area contributed by atoms with E-state index in [-0.39, 0.29) is 5.92 Å². The van der Waals surface area contributed by atoms with Crippen molar-refractivity contribution >= 4 is 0 Å².